The molecule has 0 aromatic heterocycles. The van der Waals surface area contributed by atoms with Crippen LogP contribution in [0.1, 0.15) is 11.7 Å². The van der Waals surface area contributed by atoms with Crippen LogP contribution >= 0.6 is 0 Å². The first-order chi connectivity index (χ1) is 7.82. The smallest absolute Gasteiger partial charge is 0.387 e. The summed E-state index contributed by atoms with van der Waals surface area (Å²) in [5.74, 6) is -5.80. The number of aliphatic hydroxyl groups is 1. The Kier molecular flexibility index (Phi) is 3.89. The summed E-state index contributed by atoms with van der Waals surface area (Å²) in [6.45, 7) is -3.44. The van der Waals surface area contributed by atoms with Crippen LogP contribution in [0.15, 0.2) is 12.1 Å². The van der Waals surface area contributed by atoms with Gasteiger partial charge in [0.2, 0.25) is 0 Å². The maximum absolute atomic E-state index is 13.1. The molecule has 0 aliphatic heterocycles. The lowest BCUT2D eigenvalue weighted by molar-refractivity contribution is -0.147. The van der Waals surface area contributed by atoms with Gasteiger partial charge in [0.1, 0.15) is 5.82 Å². The molecule has 8 heteroatoms. The average Bonchev–Trinajstić information content (AvgIpc) is 2.20. The molecule has 0 fully saturated rings. The predicted molar refractivity (Wildman–Crippen MR) is 45.6 cm³/mol. The molecule has 17 heavy (non-hydrogen) atoms. The van der Waals surface area contributed by atoms with Crippen molar-refractivity contribution in [3.05, 3.63) is 29.3 Å². The van der Waals surface area contributed by atoms with E-state index in [1.165, 1.54) is 0 Å². The molecule has 1 rings (SSSR count). The summed E-state index contributed by atoms with van der Waals surface area (Å²) < 4.78 is 53.4. The number of carboxylic acid groups (broad SMARTS) is 1. The van der Waals surface area contributed by atoms with Crippen molar-refractivity contribution in [2.75, 3.05) is 0 Å². The van der Waals surface area contributed by atoms with Gasteiger partial charge in [-0.05, 0) is 6.07 Å². The third kappa shape index (κ3) is 3.06. The molecule has 0 saturated carbocycles. The van der Waals surface area contributed by atoms with Crippen LogP contribution in [0, 0.1) is 11.6 Å². The Bertz CT molecular complexity index is 435. The Morgan fingerprint density at radius 2 is 1.88 bits per heavy atom. The van der Waals surface area contributed by atoms with Crippen molar-refractivity contribution in [2.45, 2.75) is 12.7 Å². The van der Waals surface area contributed by atoms with Gasteiger partial charge < -0.3 is 14.9 Å². The van der Waals surface area contributed by atoms with Gasteiger partial charge in [0.25, 0.3) is 0 Å². The molecule has 0 aliphatic carbocycles. The first-order valence-corrected chi connectivity index (χ1v) is 4.17. The summed E-state index contributed by atoms with van der Waals surface area (Å²) in [4.78, 5) is 10.4. The SMILES string of the molecule is O=C(O)C(O)c1cc(F)cc(F)c1OC(F)F. The first kappa shape index (κ1) is 13.2. The zero-order valence-corrected chi connectivity index (χ0v) is 8.03. The number of ether oxygens (including phenoxy) is 1. The van der Waals surface area contributed by atoms with E-state index >= 15 is 0 Å². The van der Waals surface area contributed by atoms with Crippen LogP contribution in [0.3, 0.4) is 0 Å². The van der Waals surface area contributed by atoms with E-state index in [-0.39, 0.29) is 6.07 Å². The van der Waals surface area contributed by atoms with E-state index in [0.717, 1.165) is 0 Å². The molecule has 1 unspecified atom stereocenters. The van der Waals surface area contributed by atoms with Crippen LogP contribution in [0.5, 0.6) is 5.75 Å². The maximum Gasteiger partial charge on any atom is 0.387 e. The Labute approximate surface area is 92.1 Å². The summed E-state index contributed by atoms with van der Waals surface area (Å²) in [7, 11) is 0. The van der Waals surface area contributed by atoms with Crippen molar-refractivity contribution in [1.82, 2.24) is 0 Å². The third-order valence-electron chi connectivity index (χ3n) is 1.77. The van der Waals surface area contributed by atoms with Crippen molar-refractivity contribution in [2.24, 2.45) is 0 Å². The quantitative estimate of drug-likeness (QED) is 0.802. The van der Waals surface area contributed by atoms with Crippen molar-refractivity contribution < 1.29 is 37.3 Å². The predicted octanol–water partition coefficient (Wildman–Crippen LogP) is 1.68. The molecule has 0 bridgehead atoms. The van der Waals surface area contributed by atoms with Crippen LogP contribution in [-0.2, 0) is 4.79 Å². The van der Waals surface area contributed by atoms with Crippen molar-refractivity contribution in [3.8, 4) is 5.75 Å². The van der Waals surface area contributed by atoms with Crippen LogP contribution in [-0.4, -0.2) is 22.8 Å². The molecule has 2 N–H and O–H groups in total. The molecule has 1 aromatic carbocycles. The highest BCUT2D eigenvalue weighted by atomic mass is 19.3. The molecule has 0 aliphatic rings. The van der Waals surface area contributed by atoms with Gasteiger partial charge in [-0.25, -0.2) is 13.6 Å². The van der Waals surface area contributed by atoms with Gasteiger partial charge in [-0.2, -0.15) is 8.78 Å². The number of aliphatic carboxylic acids is 1. The van der Waals surface area contributed by atoms with E-state index in [1.807, 2.05) is 0 Å². The molecule has 0 spiro atoms. The summed E-state index contributed by atoms with van der Waals surface area (Å²) >= 11 is 0. The molecule has 0 amide bonds. The van der Waals surface area contributed by atoms with Gasteiger partial charge in [-0.1, -0.05) is 0 Å². The second kappa shape index (κ2) is 5.00. The molecule has 0 heterocycles. The van der Waals surface area contributed by atoms with Crippen molar-refractivity contribution >= 4 is 5.97 Å². The molecule has 1 atom stereocenters. The topological polar surface area (TPSA) is 66.8 Å². The van der Waals surface area contributed by atoms with Crippen LogP contribution in [0.4, 0.5) is 17.6 Å². The number of rotatable bonds is 4. The van der Waals surface area contributed by atoms with Gasteiger partial charge in [-0.15, -0.1) is 0 Å². The number of alkyl halides is 2. The van der Waals surface area contributed by atoms with Crippen molar-refractivity contribution in [1.29, 1.82) is 0 Å². The largest absolute Gasteiger partial charge is 0.479 e. The fourth-order valence-electron chi connectivity index (χ4n) is 1.13. The highest BCUT2D eigenvalue weighted by Crippen LogP contribution is 2.31. The lowest BCUT2D eigenvalue weighted by Crippen LogP contribution is -2.15. The summed E-state index contributed by atoms with van der Waals surface area (Å²) in [5, 5.41) is 17.5. The number of carbonyl (C=O) groups is 1. The number of aliphatic hydroxyl groups excluding tert-OH is 1. The Morgan fingerprint density at radius 3 is 2.35 bits per heavy atom. The molecule has 0 radical (unpaired) electrons. The summed E-state index contributed by atoms with van der Waals surface area (Å²) in [6.07, 6.45) is -2.37. The summed E-state index contributed by atoms with van der Waals surface area (Å²) in [6, 6.07) is 0.634. The van der Waals surface area contributed by atoms with Crippen LogP contribution < -0.4 is 4.74 Å². The maximum atomic E-state index is 13.1. The molecular formula is C9H6F4O4. The molecule has 1 aromatic rings. The fraction of sp³-hybridized carbons (Fsp3) is 0.222. The number of hydrogen-bond acceptors (Lipinski definition) is 3. The second-order valence-electron chi connectivity index (χ2n) is 2.93. The summed E-state index contributed by atoms with van der Waals surface area (Å²) in [5.41, 5.74) is -0.921. The Hall–Kier alpha value is -1.83. The minimum atomic E-state index is -3.44. The highest BCUT2D eigenvalue weighted by Gasteiger charge is 2.26. The van der Waals surface area contributed by atoms with Crippen LogP contribution in [0.25, 0.3) is 0 Å². The van der Waals surface area contributed by atoms with E-state index in [9.17, 15) is 22.4 Å². The molecule has 4 nitrogen and oxygen atoms in total. The van der Waals surface area contributed by atoms with E-state index in [0.29, 0.717) is 6.07 Å². The van der Waals surface area contributed by atoms with E-state index < -0.39 is 41.6 Å². The standard InChI is InChI=1S/C9H6F4O4/c10-3-1-4(6(14)8(15)16)7(5(11)2-3)17-9(12)13/h1-2,6,9,14H,(H,15,16). The molecule has 0 saturated heterocycles. The average molecular weight is 254 g/mol. The number of benzene rings is 1. The van der Waals surface area contributed by atoms with Gasteiger partial charge in [-0.3, -0.25) is 0 Å². The van der Waals surface area contributed by atoms with Gasteiger partial charge in [0.05, 0.1) is 0 Å². The second-order valence-corrected chi connectivity index (χ2v) is 2.93. The Morgan fingerprint density at radius 1 is 1.29 bits per heavy atom. The zero-order valence-electron chi connectivity index (χ0n) is 8.03. The minimum absolute atomic E-state index is 0.232. The normalized spacial score (nSPS) is 12.6. The monoisotopic (exact) mass is 254 g/mol. The van der Waals surface area contributed by atoms with E-state index in [4.69, 9.17) is 10.2 Å². The van der Waals surface area contributed by atoms with Gasteiger partial charge >= 0.3 is 12.6 Å². The molecular weight excluding hydrogens is 248 g/mol. The third-order valence-corrected chi connectivity index (χ3v) is 1.77. The number of carboxylic acids is 1. The lowest BCUT2D eigenvalue weighted by atomic mass is 10.1. The van der Waals surface area contributed by atoms with Crippen LogP contribution in [0.2, 0.25) is 0 Å². The minimum Gasteiger partial charge on any atom is -0.479 e. The van der Waals surface area contributed by atoms with E-state index in [1.54, 1.807) is 0 Å². The van der Waals surface area contributed by atoms with Crippen molar-refractivity contribution in [3.63, 3.8) is 0 Å². The number of halogens is 4. The zero-order chi connectivity index (χ0) is 13.2. The number of hydrogen-bond donors (Lipinski definition) is 2. The van der Waals surface area contributed by atoms with E-state index in [2.05, 4.69) is 4.74 Å². The fourth-order valence-corrected chi connectivity index (χ4v) is 1.13. The Balaban J connectivity index is 3.29. The highest BCUT2D eigenvalue weighted by molar-refractivity contribution is 5.75. The first-order valence-electron chi connectivity index (χ1n) is 4.17. The lowest BCUT2D eigenvalue weighted by Gasteiger charge is -2.13. The van der Waals surface area contributed by atoms with Gasteiger partial charge in [0.15, 0.2) is 17.7 Å². The van der Waals surface area contributed by atoms with Gasteiger partial charge in [0, 0.05) is 11.6 Å². The molecule has 94 valence electrons.